The van der Waals surface area contributed by atoms with Gasteiger partial charge in [-0.1, -0.05) is 23.7 Å². The van der Waals surface area contributed by atoms with Gasteiger partial charge in [0.05, 0.1) is 0 Å². The zero-order valence-corrected chi connectivity index (χ0v) is 9.65. The van der Waals surface area contributed by atoms with E-state index in [2.05, 4.69) is 4.98 Å². The number of aromatic nitrogens is 2. The zero-order chi connectivity index (χ0) is 12.6. The first-order valence-corrected chi connectivity index (χ1v) is 5.16. The van der Waals surface area contributed by atoms with Gasteiger partial charge >= 0.3 is 5.69 Å². The molecule has 88 valence electrons. The average Bonchev–Trinajstić information content (AvgIpc) is 2.26. The molecule has 1 aromatic carbocycles. The van der Waals surface area contributed by atoms with E-state index in [0.29, 0.717) is 10.6 Å². The Bertz CT molecular complexity index is 688. The van der Waals surface area contributed by atoms with Crippen LogP contribution >= 0.6 is 11.6 Å². The van der Waals surface area contributed by atoms with E-state index in [1.807, 2.05) is 0 Å². The zero-order valence-electron chi connectivity index (χ0n) is 8.90. The summed E-state index contributed by atoms with van der Waals surface area (Å²) in [7, 11) is 1.36. The first-order valence-electron chi connectivity index (χ1n) is 4.79. The van der Waals surface area contributed by atoms with Crippen LogP contribution in [0.25, 0.3) is 11.1 Å². The molecule has 0 fully saturated rings. The van der Waals surface area contributed by atoms with Crippen molar-refractivity contribution in [2.45, 2.75) is 0 Å². The fourth-order valence-corrected chi connectivity index (χ4v) is 1.70. The van der Waals surface area contributed by atoms with E-state index in [1.165, 1.54) is 13.1 Å². The van der Waals surface area contributed by atoms with Crippen LogP contribution in [0.3, 0.4) is 0 Å². The Kier molecular flexibility index (Phi) is 2.77. The van der Waals surface area contributed by atoms with Crippen LogP contribution in [0, 0.1) is 0 Å². The molecule has 0 aliphatic carbocycles. The molecule has 1 aromatic heterocycles. The normalized spacial score (nSPS) is 10.5. The number of nitrogens with one attached hydrogen (secondary N) is 1. The van der Waals surface area contributed by atoms with Gasteiger partial charge in [-0.05, 0) is 17.7 Å². The highest BCUT2D eigenvalue weighted by atomic mass is 35.5. The van der Waals surface area contributed by atoms with Gasteiger partial charge in [-0.3, -0.25) is 14.3 Å². The summed E-state index contributed by atoms with van der Waals surface area (Å²) in [5, 5.41) is 10.2. The fraction of sp³-hybridized carbons (Fsp3) is 0.0909. The average molecular weight is 253 g/mol. The summed E-state index contributed by atoms with van der Waals surface area (Å²) >= 11 is 5.81. The van der Waals surface area contributed by atoms with Crippen molar-refractivity contribution < 1.29 is 5.11 Å². The molecule has 0 radical (unpaired) electrons. The topological polar surface area (TPSA) is 75.1 Å². The summed E-state index contributed by atoms with van der Waals surface area (Å²) in [6.45, 7) is 0. The van der Waals surface area contributed by atoms with Crippen LogP contribution in [0.15, 0.2) is 33.9 Å². The Labute approximate surface area is 101 Å². The van der Waals surface area contributed by atoms with Crippen LogP contribution in [0.2, 0.25) is 5.02 Å². The third kappa shape index (κ3) is 1.97. The summed E-state index contributed by atoms with van der Waals surface area (Å²) < 4.78 is 0.956. The number of H-pyrrole nitrogens is 1. The van der Waals surface area contributed by atoms with E-state index in [-0.39, 0.29) is 11.4 Å². The number of aromatic hydroxyl groups is 1. The largest absolute Gasteiger partial charge is 0.494 e. The first kappa shape index (κ1) is 11.5. The summed E-state index contributed by atoms with van der Waals surface area (Å²) in [6.07, 6.45) is 0. The summed E-state index contributed by atoms with van der Waals surface area (Å²) in [5.74, 6) is -0.388. The molecule has 0 unspecified atom stereocenters. The molecule has 5 nitrogen and oxygen atoms in total. The van der Waals surface area contributed by atoms with Crippen molar-refractivity contribution in [3.05, 3.63) is 50.1 Å². The molecular weight excluding hydrogens is 244 g/mol. The SMILES string of the molecule is Cn1c(O)c(-c2cccc(Cl)c2)c(=O)[nH]c1=O. The lowest BCUT2D eigenvalue weighted by Crippen LogP contribution is -2.29. The Morgan fingerprint density at radius 3 is 2.71 bits per heavy atom. The van der Waals surface area contributed by atoms with Crippen molar-refractivity contribution in [1.29, 1.82) is 0 Å². The van der Waals surface area contributed by atoms with Crippen LogP contribution in [-0.4, -0.2) is 14.7 Å². The third-order valence-electron chi connectivity index (χ3n) is 2.41. The maximum Gasteiger partial charge on any atom is 0.330 e. The molecule has 1 heterocycles. The minimum atomic E-state index is -0.668. The van der Waals surface area contributed by atoms with Crippen molar-refractivity contribution in [3.8, 4) is 17.0 Å². The van der Waals surface area contributed by atoms with E-state index in [4.69, 9.17) is 11.6 Å². The molecule has 0 aliphatic rings. The highest BCUT2D eigenvalue weighted by Gasteiger charge is 2.13. The number of halogens is 1. The standard InChI is InChI=1S/C11H9ClN2O3/c1-14-10(16)8(9(15)13-11(14)17)6-3-2-4-7(12)5-6/h2-5,16H,1H3,(H,13,15,17). The molecule has 2 N–H and O–H groups in total. The van der Waals surface area contributed by atoms with Crippen molar-refractivity contribution in [3.63, 3.8) is 0 Å². The Morgan fingerprint density at radius 1 is 1.35 bits per heavy atom. The van der Waals surface area contributed by atoms with E-state index in [1.54, 1.807) is 18.2 Å². The van der Waals surface area contributed by atoms with Crippen LogP contribution in [-0.2, 0) is 7.05 Å². The number of nitrogens with zero attached hydrogens (tertiary/aromatic N) is 1. The van der Waals surface area contributed by atoms with E-state index in [0.717, 1.165) is 4.57 Å². The minimum absolute atomic E-state index is 0.0228. The number of aromatic amines is 1. The number of hydrogen-bond donors (Lipinski definition) is 2. The molecule has 0 bridgehead atoms. The molecule has 0 amide bonds. The molecule has 0 aliphatic heterocycles. The first-order chi connectivity index (χ1) is 8.00. The molecule has 2 rings (SSSR count). The van der Waals surface area contributed by atoms with Crippen LogP contribution < -0.4 is 11.2 Å². The highest BCUT2D eigenvalue weighted by molar-refractivity contribution is 6.30. The minimum Gasteiger partial charge on any atom is -0.494 e. The van der Waals surface area contributed by atoms with Crippen molar-refractivity contribution in [2.75, 3.05) is 0 Å². The predicted octanol–water partition coefficient (Wildman–Crippen LogP) is 1.10. The second-order valence-electron chi connectivity index (χ2n) is 3.53. The molecule has 0 spiro atoms. The maximum absolute atomic E-state index is 11.7. The second-order valence-corrected chi connectivity index (χ2v) is 3.96. The quantitative estimate of drug-likeness (QED) is 0.798. The van der Waals surface area contributed by atoms with Gasteiger partial charge in [0.2, 0.25) is 5.88 Å². The Hall–Kier alpha value is -2.01. The maximum atomic E-state index is 11.7. The van der Waals surface area contributed by atoms with Gasteiger partial charge in [0, 0.05) is 12.1 Å². The van der Waals surface area contributed by atoms with E-state index in [9.17, 15) is 14.7 Å². The third-order valence-corrected chi connectivity index (χ3v) is 2.64. The molecular formula is C11H9ClN2O3. The second kappa shape index (κ2) is 4.10. The molecule has 0 saturated carbocycles. The lowest BCUT2D eigenvalue weighted by molar-refractivity contribution is 0.420. The van der Waals surface area contributed by atoms with Gasteiger partial charge in [-0.25, -0.2) is 4.79 Å². The van der Waals surface area contributed by atoms with Gasteiger partial charge < -0.3 is 5.11 Å². The number of rotatable bonds is 1. The van der Waals surface area contributed by atoms with Crippen LogP contribution in [0.5, 0.6) is 5.88 Å². The van der Waals surface area contributed by atoms with Crippen LogP contribution in [0.1, 0.15) is 0 Å². The Morgan fingerprint density at radius 2 is 2.06 bits per heavy atom. The van der Waals surface area contributed by atoms with Crippen molar-refractivity contribution >= 4 is 11.6 Å². The van der Waals surface area contributed by atoms with E-state index >= 15 is 0 Å². The molecule has 2 aromatic rings. The van der Waals surface area contributed by atoms with Gasteiger partial charge in [-0.2, -0.15) is 0 Å². The molecule has 6 heteroatoms. The monoisotopic (exact) mass is 252 g/mol. The van der Waals surface area contributed by atoms with Gasteiger partial charge in [0.15, 0.2) is 0 Å². The van der Waals surface area contributed by atoms with Gasteiger partial charge in [0.1, 0.15) is 5.56 Å². The van der Waals surface area contributed by atoms with Gasteiger partial charge in [0.25, 0.3) is 5.56 Å². The lowest BCUT2D eigenvalue weighted by atomic mass is 10.1. The van der Waals surface area contributed by atoms with E-state index < -0.39 is 11.2 Å². The molecule has 0 atom stereocenters. The molecule has 0 saturated heterocycles. The lowest BCUT2D eigenvalue weighted by Gasteiger charge is -2.07. The number of hydrogen-bond acceptors (Lipinski definition) is 3. The van der Waals surface area contributed by atoms with Crippen molar-refractivity contribution in [1.82, 2.24) is 9.55 Å². The van der Waals surface area contributed by atoms with Crippen LogP contribution in [0.4, 0.5) is 0 Å². The predicted molar refractivity (Wildman–Crippen MR) is 64.4 cm³/mol. The summed E-state index contributed by atoms with van der Waals surface area (Å²) in [5.41, 5.74) is -0.840. The fourth-order valence-electron chi connectivity index (χ4n) is 1.51. The van der Waals surface area contributed by atoms with Gasteiger partial charge in [-0.15, -0.1) is 0 Å². The Balaban J connectivity index is 2.81. The summed E-state index contributed by atoms with van der Waals surface area (Å²) in [4.78, 5) is 25.0. The smallest absolute Gasteiger partial charge is 0.330 e. The van der Waals surface area contributed by atoms with Crippen molar-refractivity contribution in [2.24, 2.45) is 7.05 Å². The number of benzene rings is 1. The highest BCUT2D eigenvalue weighted by Crippen LogP contribution is 2.25. The molecule has 17 heavy (non-hydrogen) atoms. The summed E-state index contributed by atoms with van der Waals surface area (Å²) in [6, 6.07) is 6.47.